The molecule has 2 N–H and O–H groups in total. The maximum Gasteiger partial charge on any atom is 0.277 e. The normalized spacial score (nSPS) is 12.0. The lowest BCUT2D eigenvalue weighted by Gasteiger charge is -2.15. The number of aryl methyl sites for hydroxylation is 1. The summed E-state index contributed by atoms with van der Waals surface area (Å²) in [7, 11) is 0. The van der Waals surface area contributed by atoms with E-state index in [1.807, 2.05) is 13.1 Å². The highest BCUT2D eigenvalue weighted by molar-refractivity contribution is 5.56. The average Bonchev–Trinajstić information content (AvgIpc) is 2.98. The van der Waals surface area contributed by atoms with Crippen LogP contribution in [0.4, 0.5) is 8.78 Å². The first kappa shape index (κ1) is 13.7. The molecule has 0 aliphatic carbocycles. The summed E-state index contributed by atoms with van der Waals surface area (Å²) in [6, 6.07) is 0. The lowest BCUT2D eigenvalue weighted by Crippen LogP contribution is -2.32. The van der Waals surface area contributed by atoms with Gasteiger partial charge in [-0.25, -0.2) is 13.8 Å². The average molecular weight is 269 g/mol. The van der Waals surface area contributed by atoms with Crippen LogP contribution in [0.3, 0.4) is 0 Å². The summed E-state index contributed by atoms with van der Waals surface area (Å²) >= 11 is 0. The van der Waals surface area contributed by atoms with Gasteiger partial charge < -0.3 is 10.3 Å². The molecule has 0 unspecified atom stereocenters. The molecule has 5 nitrogen and oxygen atoms in total. The van der Waals surface area contributed by atoms with Crippen LogP contribution in [0.25, 0.3) is 11.3 Å². The van der Waals surface area contributed by atoms with E-state index in [0.717, 1.165) is 18.5 Å². The Bertz CT molecular complexity index is 532. The van der Waals surface area contributed by atoms with Gasteiger partial charge >= 0.3 is 0 Å². The van der Waals surface area contributed by atoms with Gasteiger partial charge in [0.2, 0.25) is 0 Å². The number of imidazole rings is 1. The van der Waals surface area contributed by atoms with Crippen molar-refractivity contribution in [2.24, 2.45) is 5.73 Å². The van der Waals surface area contributed by atoms with Gasteiger partial charge in [-0.1, -0.05) is 6.92 Å². The molecule has 2 heterocycles. The lowest BCUT2D eigenvalue weighted by atomic mass is 10.2. The number of hydrogen-bond donors (Lipinski definition) is 1. The number of nitrogens with zero attached hydrogens (tertiary/aromatic N) is 4. The van der Waals surface area contributed by atoms with Crippen molar-refractivity contribution < 1.29 is 8.78 Å². The Balaban J connectivity index is 2.23. The lowest BCUT2D eigenvalue weighted by molar-refractivity contribution is -0.00624. The van der Waals surface area contributed by atoms with Gasteiger partial charge in [-0.2, -0.15) is 5.10 Å². The first-order valence-corrected chi connectivity index (χ1v) is 6.16. The fourth-order valence-electron chi connectivity index (χ4n) is 1.85. The monoisotopic (exact) mass is 269 g/mol. The van der Waals surface area contributed by atoms with Crippen molar-refractivity contribution in [3.63, 3.8) is 0 Å². The van der Waals surface area contributed by atoms with E-state index in [-0.39, 0.29) is 0 Å². The molecule has 0 saturated carbocycles. The Morgan fingerprint density at radius 1 is 1.37 bits per heavy atom. The van der Waals surface area contributed by atoms with E-state index in [9.17, 15) is 8.78 Å². The Labute approximate surface area is 110 Å². The molecule has 0 aliphatic heterocycles. The van der Waals surface area contributed by atoms with E-state index in [2.05, 4.69) is 10.1 Å². The minimum atomic E-state index is -2.94. The molecule has 0 fully saturated rings. The fourth-order valence-corrected chi connectivity index (χ4v) is 1.85. The highest BCUT2D eigenvalue weighted by atomic mass is 19.3. The number of nitrogens with two attached hydrogens (primary N) is 1. The van der Waals surface area contributed by atoms with Crippen LogP contribution in [0.15, 0.2) is 24.9 Å². The van der Waals surface area contributed by atoms with Gasteiger partial charge in [0.25, 0.3) is 5.92 Å². The zero-order valence-electron chi connectivity index (χ0n) is 10.8. The largest absolute Gasteiger partial charge is 0.325 e. The third kappa shape index (κ3) is 3.17. The Kier molecular flexibility index (Phi) is 3.94. The Morgan fingerprint density at radius 3 is 2.84 bits per heavy atom. The maximum absolute atomic E-state index is 13.3. The number of halogens is 2. The second kappa shape index (κ2) is 5.48. The fraction of sp³-hybridized carbons (Fsp3) is 0.500. The van der Waals surface area contributed by atoms with Crippen molar-refractivity contribution in [3.8, 4) is 11.3 Å². The minimum Gasteiger partial charge on any atom is -0.325 e. The summed E-state index contributed by atoms with van der Waals surface area (Å²) in [5.74, 6) is -2.94. The number of aromatic nitrogens is 4. The first-order chi connectivity index (χ1) is 9.05. The summed E-state index contributed by atoms with van der Waals surface area (Å²) in [6.45, 7) is 1.69. The van der Waals surface area contributed by atoms with Crippen LogP contribution in [0, 0.1) is 0 Å². The van der Waals surface area contributed by atoms with Gasteiger partial charge in [-0.15, -0.1) is 0 Å². The van der Waals surface area contributed by atoms with Crippen LogP contribution in [-0.2, 0) is 13.1 Å². The van der Waals surface area contributed by atoms with Crippen molar-refractivity contribution in [3.05, 3.63) is 24.9 Å². The van der Waals surface area contributed by atoms with Crippen molar-refractivity contribution in [2.75, 3.05) is 6.54 Å². The van der Waals surface area contributed by atoms with E-state index in [0.29, 0.717) is 5.69 Å². The predicted octanol–water partition coefficient (Wildman–Crippen LogP) is 1.75. The molecule has 0 spiro atoms. The molecule has 2 rings (SSSR count). The smallest absolute Gasteiger partial charge is 0.277 e. The second-order valence-corrected chi connectivity index (χ2v) is 4.46. The van der Waals surface area contributed by atoms with Crippen LogP contribution >= 0.6 is 0 Å². The molecule has 0 amide bonds. The van der Waals surface area contributed by atoms with Gasteiger partial charge in [-0.3, -0.25) is 4.68 Å². The number of alkyl halides is 2. The molecular weight excluding hydrogens is 252 g/mol. The van der Waals surface area contributed by atoms with Gasteiger partial charge in [0.15, 0.2) is 0 Å². The van der Waals surface area contributed by atoms with Gasteiger partial charge in [0.05, 0.1) is 37.5 Å². The van der Waals surface area contributed by atoms with Crippen LogP contribution in [-0.4, -0.2) is 31.8 Å². The molecule has 0 aromatic carbocycles. The first-order valence-electron chi connectivity index (χ1n) is 6.16. The summed E-state index contributed by atoms with van der Waals surface area (Å²) in [6.07, 6.45) is 7.39. The zero-order chi connectivity index (χ0) is 13.9. The predicted molar refractivity (Wildman–Crippen MR) is 67.7 cm³/mol. The third-order valence-corrected chi connectivity index (χ3v) is 2.79. The summed E-state index contributed by atoms with van der Waals surface area (Å²) in [5, 5.41) is 4.18. The van der Waals surface area contributed by atoms with Crippen molar-refractivity contribution in [1.82, 2.24) is 19.3 Å². The molecule has 104 valence electrons. The third-order valence-electron chi connectivity index (χ3n) is 2.79. The molecule has 2 aromatic heterocycles. The van der Waals surface area contributed by atoms with E-state index in [1.54, 1.807) is 17.1 Å². The van der Waals surface area contributed by atoms with Crippen LogP contribution < -0.4 is 5.73 Å². The number of rotatable bonds is 6. The topological polar surface area (TPSA) is 61.7 Å². The van der Waals surface area contributed by atoms with Crippen LogP contribution in [0.5, 0.6) is 0 Å². The Morgan fingerprint density at radius 2 is 2.16 bits per heavy atom. The molecule has 0 radical (unpaired) electrons. The Hall–Kier alpha value is -1.76. The van der Waals surface area contributed by atoms with Gasteiger partial charge in [0.1, 0.15) is 0 Å². The van der Waals surface area contributed by atoms with Crippen LogP contribution in [0.2, 0.25) is 0 Å². The van der Waals surface area contributed by atoms with E-state index in [4.69, 9.17) is 5.73 Å². The van der Waals surface area contributed by atoms with E-state index in [1.165, 1.54) is 10.9 Å². The highest BCUT2D eigenvalue weighted by Gasteiger charge is 2.28. The summed E-state index contributed by atoms with van der Waals surface area (Å²) in [5.41, 5.74) is 6.45. The SMILES string of the molecule is CCCn1cc(-c2cncn2CC(F)(F)CN)cn1. The van der Waals surface area contributed by atoms with E-state index >= 15 is 0 Å². The molecule has 19 heavy (non-hydrogen) atoms. The summed E-state index contributed by atoms with van der Waals surface area (Å²) < 4.78 is 29.9. The van der Waals surface area contributed by atoms with Gasteiger partial charge in [-0.05, 0) is 6.42 Å². The van der Waals surface area contributed by atoms with E-state index < -0.39 is 19.0 Å². The van der Waals surface area contributed by atoms with Gasteiger partial charge in [0, 0.05) is 18.3 Å². The molecule has 0 aliphatic rings. The molecule has 7 heteroatoms. The maximum atomic E-state index is 13.3. The second-order valence-electron chi connectivity index (χ2n) is 4.46. The summed E-state index contributed by atoms with van der Waals surface area (Å²) in [4.78, 5) is 3.92. The molecule has 0 saturated heterocycles. The van der Waals surface area contributed by atoms with Crippen LogP contribution in [0.1, 0.15) is 13.3 Å². The van der Waals surface area contributed by atoms with Crippen molar-refractivity contribution in [2.45, 2.75) is 32.4 Å². The highest BCUT2D eigenvalue weighted by Crippen LogP contribution is 2.22. The molecule has 2 aromatic rings. The molecular formula is C12H17F2N5. The minimum absolute atomic E-state index is 0.474. The zero-order valence-corrected chi connectivity index (χ0v) is 10.8. The molecule has 0 bridgehead atoms. The number of hydrogen-bond acceptors (Lipinski definition) is 3. The van der Waals surface area contributed by atoms with Crippen molar-refractivity contribution in [1.29, 1.82) is 0 Å². The quantitative estimate of drug-likeness (QED) is 0.869. The standard InChI is InChI=1S/C12H17F2N5/c1-2-3-19-6-10(4-17-19)11-5-16-9-18(11)8-12(13,14)7-15/h4-6,9H,2-3,7-8,15H2,1H3. The van der Waals surface area contributed by atoms with Crippen molar-refractivity contribution >= 4 is 0 Å². The molecule has 0 atom stereocenters.